The molecule has 0 aliphatic heterocycles. The van der Waals surface area contributed by atoms with Gasteiger partial charge in [-0.2, -0.15) is 18.3 Å². The molecule has 0 radical (unpaired) electrons. The summed E-state index contributed by atoms with van der Waals surface area (Å²) in [5.41, 5.74) is 1.62. The number of furan rings is 1. The third-order valence-electron chi connectivity index (χ3n) is 4.65. The number of nitrogens with zero attached hydrogens (tertiary/aromatic N) is 4. The summed E-state index contributed by atoms with van der Waals surface area (Å²) < 4.78 is 46.3. The van der Waals surface area contributed by atoms with Crippen LogP contribution in [0, 0.1) is 0 Å². The molecule has 31 heavy (non-hydrogen) atoms. The first-order valence-corrected chi connectivity index (χ1v) is 9.74. The van der Waals surface area contributed by atoms with Crippen LogP contribution in [-0.4, -0.2) is 19.7 Å². The van der Waals surface area contributed by atoms with Crippen LogP contribution in [0.25, 0.3) is 23.2 Å². The van der Waals surface area contributed by atoms with Crippen LogP contribution in [0.4, 0.5) is 24.7 Å². The number of alkyl halides is 3. The predicted molar refractivity (Wildman–Crippen MR) is 113 cm³/mol. The maximum absolute atomic E-state index is 13.1. The Bertz CT molecular complexity index is 1230. The first-order valence-electron chi connectivity index (χ1n) is 9.74. The summed E-state index contributed by atoms with van der Waals surface area (Å²) in [6.07, 6.45) is 2.15. The average Bonchev–Trinajstić information content (AvgIpc) is 3.35. The quantitative estimate of drug-likeness (QED) is 0.419. The van der Waals surface area contributed by atoms with Crippen molar-refractivity contribution in [2.45, 2.75) is 25.9 Å². The zero-order valence-corrected chi connectivity index (χ0v) is 16.9. The second kappa shape index (κ2) is 8.25. The number of hydrogen-bond acceptors (Lipinski definition) is 5. The molecule has 4 rings (SSSR count). The van der Waals surface area contributed by atoms with Crippen LogP contribution in [0.1, 0.15) is 36.2 Å². The zero-order chi connectivity index (χ0) is 22.0. The van der Waals surface area contributed by atoms with E-state index in [1.807, 2.05) is 6.92 Å². The van der Waals surface area contributed by atoms with Crippen molar-refractivity contribution in [3.63, 3.8) is 0 Å². The maximum Gasteiger partial charge on any atom is 0.416 e. The van der Waals surface area contributed by atoms with Crippen LogP contribution in [-0.2, 0) is 19.6 Å². The molecule has 0 spiro atoms. The minimum Gasteiger partial charge on any atom is -0.465 e. The minimum absolute atomic E-state index is 0.272. The number of benzene rings is 1. The molecule has 6 nitrogen and oxygen atoms in total. The molecule has 1 N–H and O–H groups in total. The minimum atomic E-state index is -4.43. The Morgan fingerprint density at radius 2 is 1.97 bits per heavy atom. The maximum atomic E-state index is 13.1. The lowest BCUT2D eigenvalue weighted by atomic mass is 10.2. The van der Waals surface area contributed by atoms with E-state index in [2.05, 4.69) is 20.4 Å². The lowest BCUT2D eigenvalue weighted by molar-refractivity contribution is -0.137. The van der Waals surface area contributed by atoms with Crippen molar-refractivity contribution in [3.05, 3.63) is 65.5 Å². The second-order valence-electron chi connectivity index (χ2n) is 7.00. The fourth-order valence-electron chi connectivity index (χ4n) is 3.28. The topological polar surface area (TPSA) is 68.8 Å². The summed E-state index contributed by atoms with van der Waals surface area (Å²) in [5, 5.41) is 7.56. The highest BCUT2D eigenvalue weighted by Crippen LogP contribution is 2.32. The Morgan fingerprint density at radius 3 is 2.68 bits per heavy atom. The number of rotatable bonds is 6. The molecule has 0 amide bonds. The highest BCUT2D eigenvalue weighted by Gasteiger charge is 2.30. The van der Waals surface area contributed by atoms with Crippen molar-refractivity contribution >= 4 is 34.7 Å². The Labute approximate surface area is 176 Å². The number of aromatic nitrogens is 4. The van der Waals surface area contributed by atoms with Gasteiger partial charge in [-0.05, 0) is 48.9 Å². The van der Waals surface area contributed by atoms with E-state index in [4.69, 9.17) is 4.42 Å². The highest BCUT2D eigenvalue weighted by molar-refractivity contribution is 5.90. The van der Waals surface area contributed by atoms with Crippen molar-refractivity contribution in [2.24, 2.45) is 7.05 Å². The van der Waals surface area contributed by atoms with Crippen LogP contribution >= 0.6 is 0 Å². The van der Waals surface area contributed by atoms with Gasteiger partial charge in [-0.25, -0.2) is 9.97 Å². The van der Waals surface area contributed by atoms with E-state index in [0.29, 0.717) is 28.4 Å². The van der Waals surface area contributed by atoms with Crippen molar-refractivity contribution in [2.75, 3.05) is 5.32 Å². The Hall–Kier alpha value is -3.62. The first-order chi connectivity index (χ1) is 14.8. The highest BCUT2D eigenvalue weighted by atomic mass is 19.4. The molecule has 0 atom stereocenters. The summed E-state index contributed by atoms with van der Waals surface area (Å²) in [7, 11) is 1.76. The summed E-state index contributed by atoms with van der Waals surface area (Å²) in [4.78, 5) is 9.16. The predicted octanol–water partition coefficient (Wildman–Crippen LogP) is 5.84. The van der Waals surface area contributed by atoms with Gasteiger partial charge in [0.05, 0.1) is 17.5 Å². The Balaban J connectivity index is 1.81. The summed E-state index contributed by atoms with van der Waals surface area (Å²) >= 11 is 0. The van der Waals surface area contributed by atoms with Gasteiger partial charge >= 0.3 is 6.18 Å². The molecule has 0 saturated heterocycles. The van der Waals surface area contributed by atoms with E-state index in [0.717, 1.165) is 30.7 Å². The number of nitrogens with one attached hydrogen (secondary N) is 1. The molecule has 4 aromatic rings. The molecule has 0 saturated carbocycles. The normalized spacial score (nSPS) is 12.2. The Kier molecular flexibility index (Phi) is 5.50. The zero-order valence-electron chi connectivity index (χ0n) is 16.9. The van der Waals surface area contributed by atoms with Crippen LogP contribution < -0.4 is 5.32 Å². The molecule has 160 valence electrons. The molecular formula is C22H20F3N5O. The average molecular weight is 427 g/mol. The summed E-state index contributed by atoms with van der Waals surface area (Å²) in [6.45, 7) is 2.04. The number of aryl methyl sites for hydroxylation is 2. The second-order valence-corrected chi connectivity index (χ2v) is 7.00. The summed E-state index contributed by atoms with van der Waals surface area (Å²) in [5.74, 6) is 1.40. The van der Waals surface area contributed by atoms with Crippen molar-refractivity contribution in [3.8, 4) is 0 Å². The molecule has 0 aliphatic carbocycles. The standard InChI is InChI=1S/C22H20F3N5O/c1-3-6-17-19-20(30(2)29-17)21(26-15-8-4-7-14(13-15)22(23,24)25)28-18(27-19)11-10-16-9-5-12-31-16/h4-5,7-13H,3,6H2,1-2H3,(H,26,27,28)/b11-10+. The molecule has 0 fully saturated rings. The van der Waals surface area contributed by atoms with E-state index in [1.165, 1.54) is 6.07 Å². The summed E-state index contributed by atoms with van der Waals surface area (Å²) in [6, 6.07) is 8.56. The van der Waals surface area contributed by atoms with Crippen LogP contribution in [0.5, 0.6) is 0 Å². The molecule has 1 aromatic carbocycles. The molecule has 0 bridgehead atoms. The molecule has 9 heteroatoms. The SMILES string of the molecule is CCCc1nn(C)c2c(Nc3cccc(C(F)(F)F)c3)nc(/C=C/c3ccco3)nc12. The van der Waals surface area contributed by atoms with E-state index < -0.39 is 11.7 Å². The number of hydrogen-bond donors (Lipinski definition) is 1. The number of halogens is 3. The van der Waals surface area contributed by atoms with Crippen molar-refractivity contribution in [1.29, 1.82) is 0 Å². The molecular weight excluding hydrogens is 407 g/mol. The monoisotopic (exact) mass is 427 g/mol. The van der Waals surface area contributed by atoms with Gasteiger partial charge < -0.3 is 9.73 Å². The molecule has 0 unspecified atom stereocenters. The smallest absolute Gasteiger partial charge is 0.416 e. The van der Waals surface area contributed by atoms with Gasteiger partial charge in [-0.1, -0.05) is 19.4 Å². The lowest BCUT2D eigenvalue weighted by Gasteiger charge is -2.11. The van der Waals surface area contributed by atoms with E-state index in [9.17, 15) is 13.2 Å². The van der Waals surface area contributed by atoms with Crippen LogP contribution in [0.2, 0.25) is 0 Å². The van der Waals surface area contributed by atoms with Gasteiger partial charge in [-0.15, -0.1) is 0 Å². The number of fused-ring (bicyclic) bond motifs is 1. The third-order valence-corrected chi connectivity index (χ3v) is 4.65. The van der Waals surface area contributed by atoms with Gasteiger partial charge in [-0.3, -0.25) is 4.68 Å². The van der Waals surface area contributed by atoms with Gasteiger partial charge in [0.25, 0.3) is 0 Å². The molecule has 3 heterocycles. The Morgan fingerprint density at radius 1 is 1.13 bits per heavy atom. The van der Waals surface area contributed by atoms with Gasteiger partial charge in [0.1, 0.15) is 16.8 Å². The molecule has 0 aliphatic rings. The fourth-order valence-corrected chi connectivity index (χ4v) is 3.28. The molecule has 3 aromatic heterocycles. The largest absolute Gasteiger partial charge is 0.465 e. The van der Waals surface area contributed by atoms with E-state index >= 15 is 0 Å². The number of anilines is 2. The van der Waals surface area contributed by atoms with E-state index in [-0.39, 0.29) is 5.69 Å². The van der Waals surface area contributed by atoms with E-state index in [1.54, 1.807) is 48.3 Å². The van der Waals surface area contributed by atoms with Gasteiger partial charge in [0.15, 0.2) is 11.6 Å². The fraction of sp³-hybridized carbons (Fsp3) is 0.227. The van der Waals surface area contributed by atoms with Crippen molar-refractivity contribution in [1.82, 2.24) is 19.7 Å². The van der Waals surface area contributed by atoms with Gasteiger partial charge in [0.2, 0.25) is 0 Å². The van der Waals surface area contributed by atoms with Crippen LogP contribution in [0.3, 0.4) is 0 Å². The van der Waals surface area contributed by atoms with Gasteiger partial charge in [0, 0.05) is 12.7 Å². The third kappa shape index (κ3) is 4.45. The lowest BCUT2D eigenvalue weighted by Crippen LogP contribution is -2.06. The van der Waals surface area contributed by atoms with Crippen LogP contribution in [0.15, 0.2) is 47.1 Å². The first kappa shape index (κ1) is 20.6. The van der Waals surface area contributed by atoms with Crippen molar-refractivity contribution < 1.29 is 17.6 Å².